The summed E-state index contributed by atoms with van der Waals surface area (Å²) in [4.78, 5) is 13.5. The second-order valence-corrected chi connectivity index (χ2v) is 4.48. The standard InChI is InChI=1S/C11H22N2O2/c1-9(2)13-6-3-4-10(5-7-13)12-11(15)8-14/h9-10,14H,3-8H2,1-2H3,(H,12,15). The predicted octanol–water partition coefficient (Wildman–Crippen LogP) is 0.358. The number of rotatable bonds is 3. The number of likely N-dealkylation sites (tertiary alicyclic amines) is 1. The summed E-state index contributed by atoms with van der Waals surface area (Å²) in [5, 5.41) is 11.5. The van der Waals surface area contributed by atoms with Crippen LogP contribution in [0.15, 0.2) is 0 Å². The normalized spacial score (nSPS) is 23.9. The van der Waals surface area contributed by atoms with Crippen LogP contribution in [0.4, 0.5) is 0 Å². The quantitative estimate of drug-likeness (QED) is 0.713. The summed E-state index contributed by atoms with van der Waals surface area (Å²) >= 11 is 0. The number of hydrogen-bond acceptors (Lipinski definition) is 3. The van der Waals surface area contributed by atoms with Gasteiger partial charge in [-0.05, 0) is 39.7 Å². The highest BCUT2D eigenvalue weighted by molar-refractivity contribution is 5.77. The zero-order chi connectivity index (χ0) is 11.3. The Hall–Kier alpha value is -0.610. The van der Waals surface area contributed by atoms with E-state index in [1.54, 1.807) is 0 Å². The van der Waals surface area contributed by atoms with Gasteiger partial charge in [0.15, 0.2) is 0 Å². The van der Waals surface area contributed by atoms with E-state index in [0.717, 1.165) is 32.4 Å². The molecule has 4 heteroatoms. The lowest BCUT2D eigenvalue weighted by atomic mass is 10.1. The van der Waals surface area contributed by atoms with E-state index in [0.29, 0.717) is 6.04 Å². The van der Waals surface area contributed by atoms with Crippen molar-refractivity contribution >= 4 is 5.91 Å². The molecule has 15 heavy (non-hydrogen) atoms. The van der Waals surface area contributed by atoms with Crippen LogP contribution in [0.2, 0.25) is 0 Å². The molecule has 1 aliphatic heterocycles. The van der Waals surface area contributed by atoms with Gasteiger partial charge in [-0.3, -0.25) is 4.79 Å². The van der Waals surface area contributed by atoms with E-state index in [4.69, 9.17) is 5.11 Å². The molecular formula is C11H22N2O2. The fraction of sp³-hybridized carbons (Fsp3) is 0.909. The lowest BCUT2D eigenvalue weighted by molar-refractivity contribution is -0.124. The van der Waals surface area contributed by atoms with Crippen LogP contribution in [0.3, 0.4) is 0 Å². The number of nitrogens with one attached hydrogen (secondary N) is 1. The third-order valence-electron chi connectivity index (χ3n) is 3.00. The number of aliphatic hydroxyl groups is 1. The molecule has 4 nitrogen and oxygen atoms in total. The maximum absolute atomic E-state index is 11.0. The molecule has 0 radical (unpaired) electrons. The van der Waals surface area contributed by atoms with Gasteiger partial charge < -0.3 is 15.3 Å². The molecule has 0 spiro atoms. The number of nitrogens with zero attached hydrogens (tertiary/aromatic N) is 1. The third-order valence-corrected chi connectivity index (χ3v) is 3.00. The molecule has 1 aliphatic rings. The highest BCUT2D eigenvalue weighted by Gasteiger charge is 2.19. The summed E-state index contributed by atoms with van der Waals surface area (Å²) in [5.74, 6) is -0.252. The maximum Gasteiger partial charge on any atom is 0.245 e. The van der Waals surface area contributed by atoms with E-state index in [1.165, 1.54) is 0 Å². The summed E-state index contributed by atoms with van der Waals surface area (Å²) in [7, 11) is 0. The summed E-state index contributed by atoms with van der Waals surface area (Å²) in [6, 6.07) is 0.825. The first-order chi connectivity index (χ1) is 7.13. The van der Waals surface area contributed by atoms with Crippen molar-refractivity contribution < 1.29 is 9.90 Å². The van der Waals surface area contributed by atoms with E-state index in [2.05, 4.69) is 24.1 Å². The smallest absolute Gasteiger partial charge is 0.245 e. The van der Waals surface area contributed by atoms with Crippen LogP contribution in [0.5, 0.6) is 0 Å². The molecule has 1 amide bonds. The molecule has 1 saturated heterocycles. The monoisotopic (exact) mass is 214 g/mol. The van der Waals surface area contributed by atoms with Crippen LogP contribution in [-0.4, -0.2) is 47.7 Å². The zero-order valence-electron chi connectivity index (χ0n) is 9.70. The summed E-state index contributed by atoms with van der Waals surface area (Å²) in [6.07, 6.45) is 3.13. The number of amides is 1. The van der Waals surface area contributed by atoms with Crippen LogP contribution in [0.25, 0.3) is 0 Å². The number of carbonyl (C=O) groups excluding carboxylic acids is 1. The molecule has 0 aromatic rings. The summed E-state index contributed by atoms with van der Waals surface area (Å²) in [6.45, 7) is 6.15. The van der Waals surface area contributed by atoms with E-state index in [9.17, 15) is 4.79 Å². The Labute approximate surface area is 91.6 Å². The minimum absolute atomic E-state index is 0.244. The van der Waals surface area contributed by atoms with Crippen molar-refractivity contribution in [3.8, 4) is 0 Å². The molecular weight excluding hydrogens is 192 g/mol. The first-order valence-corrected chi connectivity index (χ1v) is 5.77. The van der Waals surface area contributed by atoms with Gasteiger partial charge >= 0.3 is 0 Å². The largest absolute Gasteiger partial charge is 0.387 e. The van der Waals surface area contributed by atoms with Crippen LogP contribution in [0, 0.1) is 0 Å². The Balaban J connectivity index is 2.35. The summed E-state index contributed by atoms with van der Waals surface area (Å²) in [5.41, 5.74) is 0. The van der Waals surface area contributed by atoms with Gasteiger partial charge in [-0.15, -0.1) is 0 Å². The number of hydrogen-bond donors (Lipinski definition) is 2. The lowest BCUT2D eigenvalue weighted by Gasteiger charge is -2.24. The molecule has 1 unspecified atom stereocenters. The Kier molecular flexibility index (Phi) is 5.05. The molecule has 0 bridgehead atoms. The van der Waals surface area contributed by atoms with Crippen molar-refractivity contribution in [3.05, 3.63) is 0 Å². The molecule has 1 fully saturated rings. The van der Waals surface area contributed by atoms with Gasteiger partial charge in [-0.2, -0.15) is 0 Å². The van der Waals surface area contributed by atoms with Crippen molar-refractivity contribution in [2.45, 2.75) is 45.2 Å². The first kappa shape index (κ1) is 12.5. The van der Waals surface area contributed by atoms with Crippen molar-refractivity contribution in [2.24, 2.45) is 0 Å². The second kappa shape index (κ2) is 6.08. The zero-order valence-corrected chi connectivity index (χ0v) is 9.70. The van der Waals surface area contributed by atoms with Gasteiger partial charge in [-0.25, -0.2) is 0 Å². The fourth-order valence-electron chi connectivity index (χ4n) is 2.05. The molecule has 0 saturated carbocycles. The molecule has 0 aromatic carbocycles. The van der Waals surface area contributed by atoms with Crippen LogP contribution in [-0.2, 0) is 4.79 Å². The predicted molar refractivity (Wildman–Crippen MR) is 59.6 cm³/mol. The minimum Gasteiger partial charge on any atom is -0.387 e. The van der Waals surface area contributed by atoms with Gasteiger partial charge in [-0.1, -0.05) is 0 Å². The van der Waals surface area contributed by atoms with Crippen molar-refractivity contribution in [3.63, 3.8) is 0 Å². The maximum atomic E-state index is 11.0. The van der Waals surface area contributed by atoms with Crippen molar-refractivity contribution in [1.82, 2.24) is 10.2 Å². The van der Waals surface area contributed by atoms with Crippen LogP contribution >= 0.6 is 0 Å². The van der Waals surface area contributed by atoms with E-state index < -0.39 is 6.61 Å². The Morgan fingerprint density at radius 3 is 2.80 bits per heavy atom. The number of carbonyl (C=O) groups is 1. The van der Waals surface area contributed by atoms with Gasteiger partial charge in [0.25, 0.3) is 0 Å². The van der Waals surface area contributed by atoms with Crippen LogP contribution < -0.4 is 5.32 Å². The molecule has 0 aliphatic carbocycles. The molecule has 1 atom stereocenters. The Morgan fingerprint density at radius 2 is 2.20 bits per heavy atom. The van der Waals surface area contributed by atoms with Crippen molar-refractivity contribution in [1.29, 1.82) is 0 Å². The third kappa shape index (κ3) is 4.18. The van der Waals surface area contributed by atoms with E-state index in [1.807, 2.05) is 0 Å². The molecule has 2 N–H and O–H groups in total. The average Bonchev–Trinajstić information content (AvgIpc) is 2.43. The summed E-state index contributed by atoms with van der Waals surface area (Å²) < 4.78 is 0. The number of aliphatic hydroxyl groups excluding tert-OH is 1. The lowest BCUT2D eigenvalue weighted by Crippen LogP contribution is -2.38. The molecule has 1 rings (SSSR count). The van der Waals surface area contributed by atoms with Gasteiger partial charge in [0.2, 0.25) is 5.91 Å². The second-order valence-electron chi connectivity index (χ2n) is 4.48. The molecule has 0 aromatic heterocycles. The molecule has 1 heterocycles. The fourth-order valence-corrected chi connectivity index (χ4v) is 2.05. The molecule has 88 valence electrons. The average molecular weight is 214 g/mol. The topological polar surface area (TPSA) is 52.6 Å². The van der Waals surface area contributed by atoms with E-state index >= 15 is 0 Å². The first-order valence-electron chi connectivity index (χ1n) is 5.77. The highest BCUT2D eigenvalue weighted by Crippen LogP contribution is 2.13. The minimum atomic E-state index is -0.398. The van der Waals surface area contributed by atoms with Crippen LogP contribution in [0.1, 0.15) is 33.1 Å². The van der Waals surface area contributed by atoms with E-state index in [-0.39, 0.29) is 11.9 Å². The van der Waals surface area contributed by atoms with Gasteiger partial charge in [0.1, 0.15) is 6.61 Å². The Morgan fingerprint density at radius 1 is 1.47 bits per heavy atom. The SMILES string of the molecule is CC(C)N1CCCC(NC(=O)CO)CC1. The van der Waals surface area contributed by atoms with Crippen molar-refractivity contribution in [2.75, 3.05) is 19.7 Å². The Bertz CT molecular complexity index is 207. The van der Waals surface area contributed by atoms with Gasteiger partial charge in [0.05, 0.1) is 0 Å². The highest BCUT2D eigenvalue weighted by atomic mass is 16.3. The van der Waals surface area contributed by atoms with Gasteiger partial charge in [0, 0.05) is 18.6 Å².